The van der Waals surface area contributed by atoms with Gasteiger partial charge in [-0.2, -0.15) is 0 Å². The second-order valence-corrected chi connectivity index (χ2v) is 8.40. The topological polar surface area (TPSA) is 3.24 Å². The van der Waals surface area contributed by atoms with Crippen LogP contribution in [0.2, 0.25) is 0 Å². The fourth-order valence-electron chi connectivity index (χ4n) is 4.53. The first-order valence-corrected chi connectivity index (χ1v) is 10.1. The maximum Gasteiger partial charge on any atom is 0.0228 e. The number of aryl methyl sites for hydroxylation is 1. The zero-order valence-electron chi connectivity index (χ0n) is 16.1. The lowest BCUT2D eigenvalue weighted by atomic mass is 9.85. The lowest BCUT2D eigenvalue weighted by molar-refractivity contribution is 0.246. The third kappa shape index (κ3) is 3.71. The van der Waals surface area contributed by atoms with Gasteiger partial charge in [0, 0.05) is 24.7 Å². The molecule has 0 heterocycles. The minimum Gasteiger partial charge on any atom is -0.374 e. The van der Waals surface area contributed by atoms with Crippen LogP contribution in [0, 0.1) is 11.3 Å². The molecule has 1 aromatic rings. The van der Waals surface area contributed by atoms with Gasteiger partial charge < -0.3 is 4.90 Å². The molecule has 0 bridgehead atoms. The van der Waals surface area contributed by atoms with Crippen molar-refractivity contribution in [3.8, 4) is 0 Å². The largest absolute Gasteiger partial charge is 0.374 e. The highest BCUT2D eigenvalue weighted by Gasteiger charge is 2.40. The number of rotatable bonds is 8. The monoisotopic (exact) mass is 325 g/mol. The highest BCUT2D eigenvalue weighted by atomic mass is 15.1. The molecule has 0 radical (unpaired) electrons. The summed E-state index contributed by atoms with van der Waals surface area (Å²) in [6.45, 7) is 12.0. The van der Waals surface area contributed by atoms with Gasteiger partial charge >= 0.3 is 0 Å². The van der Waals surface area contributed by atoms with Gasteiger partial charge in [-0.3, -0.25) is 0 Å². The predicted molar refractivity (Wildman–Crippen MR) is 104 cm³/mol. The highest BCUT2D eigenvalue weighted by Crippen LogP contribution is 2.47. The first-order valence-electron chi connectivity index (χ1n) is 10.1. The van der Waals surface area contributed by atoms with Crippen LogP contribution in [0.25, 0.3) is 0 Å². The van der Waals surface area contributed by atoms with Gasteiger partial charge in [0.1, 0.15) is 0 Å². The molecule has 24 heavy (non-hydrogen) atoms. The summed E-state index contributed by atoms with van der Waals surface area (Å²) >= 11 is 0. The Balaban J connectivity index is 1.83. The zero-order valence-corrected chi connectivity index (χ0v) is 16.1. The first-order chi connectivity index (χ1) is 11.6. The molecule has 1 saturated carbocycles. The molecule has 0 saturated heterocycles. The van der Waals surface area contributed by atoms with Crippen LogP contribution < -0.4 is 0 Å². The van der Waals surface area contributed by atoms with Gasteiger partial charge in [0.05, 0.1) is 0 Å². The van der Waals surface area contributed by atoms with Crippen LogP contribution >= 0.6 is 0 Å². The summed E-state index contributed by atoms with van der Waals surface area (Å²) in [5.74, 6) is 1.33. The first kappa shape index (κ1) is 17.6. The number of hydrogen-bond acceptors (Lipinski definition) is 1. The van der Waals surface area contributed by atoms with Gasteiger partial charge in [0.25, 0.3) is 0 Å². The molecule has 132 valence electrons. The number of allylic oxidation sites excluding steroid dienone is 2. The van der Waals surface area contributed by atoms with E-state index in [4.69, 9.17) is 0 Å². The molecular weight excluding hydrogens is 290 g/mol. The number of benzene rings is 1. The van der Waals surface area contributed by atoms with Gasteiger partial charge in [0.15, 0.2) is 0 Å². The van der Waals surface area contributed by atoms with Gasteiger partial charge in [-0.15, -0.1) is 0 Å². The Kier molecular flexibility index (Phi) is 5.37. The molecule has 0 aliphatic heterocycles. The summed E-state index contributed by atoms with van der Waals surface area (Å²) in [6, 6.07) is 9.13. The molecule has 1 fully saturated rings. The van der Waals surface area contributed by atoms with Crippen molar-refractivity contribution in [1.29, 1.82) is 0 Å². The SMILES string of the molecule is CCC=C(C(C)C1CCc2ccccc21)N(CCC)CC1(C)CC1. The summed E-state index contributed by atoms with van der Waals surface area (Å²) in [6.07, 6.45) is 10.3. The van der Waals surface area contributed by atoms with Gasteiger partial charge in [-0.25, -0.2) is 0 Å². The zero-order chi connectivity index (χ0) is 17.2. The smallest absolute Gasteiger partial charge is 0.0228 e. The third-order valence-corrected chi connectivity index (χ3v) is 6.20. The molecule has 0 spiro atoms. The summed E-state index contributed by atoms with van der Waals surface area (Å²) in [5.41, 5.74) is 5.40. The van der Waals surface area contributed by atoms with E-state index in [0.29, 0.717) is 17.3 Å². The lowest BCUT2D eigenvalue weighted by Gasteiger charge is -2.36. The van der Waals surface area contributed by atoms with E-state index in [0.717, 1.165) is 6.42 Å². The Labute approximate surface area is 149 Å². The van der Waals surface area contributed by atoms with E-state index >= 15 is 0 Å². The Morgan fingerprint density at radius 3 is 2.71 bits per heavy atom. The van der Waals surface area contributed by atoms with E-state index < -0.39 is 0 Å². The van der Waals surface area contributed by atoms with E-state index in [1.54, 1.807) is 16.8 Å². The second kappa shape index (κ2) is 7.33. The molecule has 2 unspecified atom stereocenters. The second-order valence-electron chi connectivity index (χ2n) is 8.40. The maximum atomic E-state index is 2.74. The summed E-state index contributed by atoms with van der Waals surface area (Å²) < 4.78 is 0. The normalized spacial score (nSPS) is 23.0. The van der Waals surface area contributed by atoms with Crippen molar-refractivity contribution in [2.24, 2.45) is 11.3 Å². The Morgan fingerprint density at radius 1 is 1.29 bits per heavy atom. The van der Waals surface area contributed by atoms with Crippen LogP contribution in [0.5, 0.6) is 0 Å². The van der Waals surface area contributed by atoms with Crippen molar-refractivity contribution in [1.82, 2.24) is 4.90 Å². The van der Waals surface area contributed by atoms with Gasteiger partial charge in [-0.1, -0.05) is 58.0 Å². The average molecular weight is 326 g/mol. The molecule has 1 heteroatoms. The van der Waals surface area contributed by atoms with Crippen LogP contribution in [-0.4, -0.2) is 18.0 Å². The molecule has 0 amide bonds. The van der Waals surface area contributed by atoms with Crippen molar-refractivity contribution < 1.29 is 0 Å². The molecule has 1 aromatic carbocycles. The van der Waals surface area contributed by atoms with Gasteiger partial charge in [0.2, 0.25) is 0 Å². The molecule has 3 rings (SSSR count). The van der Waals surface area contributed by atoms with Crippen LogP contribution in [0.4, 0.5) is 0 Å². The lowest BCUT2D eigenvalue weighted by Crippen LogP contribution is -2.33. The molecule has 2 aliphatic rings. The van der Waals surface area contributed by atoms with E-state index in [1.165, 1.54) is 45.2 Å². The molecule has 0 aromatic heterocycles. The van der Waals surface area contributed by atoms with E-state index in [1.807, 2.05) is 0 Å². The van der Waals surface area contributed by atoms with E-state index in [2.05, 4.69) is 62.9 Å². The Bertz CT molecular complexity index is 581. The average Bonchev–Trinajstić information content (AvgIpc) is 3.15. The minimum absolute atomic E-state index is 0.579. The van der Waals surface area contributed by atoms with Crippen LogP contribution in [-0.2, 0) is 6.42 Å². The highest BCUT2D eigenvalue weighted by molar-refractivity contribution is 5.36. The predicted octanol–water partition coefficient (Wildman–Crippen LogP) is 6.16. The maximum absolute atomic E-state index is 2.74. The van der Waals surface area contributed by atoms with Crippen molar-refractivity contribution >= 4 is 0 Å². The molecule has 2 aliphatic carbocycles. The quantitative estimate of drug-likeness (QED) is 0.553. The molecular formula is C23H35N. The fraction of sp³-hybridized carbons (Fsp3) is 0.652. The molecule has 1 nitrogen and oxygen atoms in total. The Morgan fingerprint density at radius 2 is 2.04 bits per heavy atom. The van der Waals surface area contributed by atoms with Crippen LogP contribution in [0.3, 0.4) is 0 Å². The number of nitrogens with zero attached hydrogens (tertiary/aromatic N) is 1. The van der Waals surface area contributed by atoms with Crippen molar-refractivity contribution in [3.05, 3.63) is 47.2 Å². The van der Waals surface area contributed by atoms with Crippen LogP contribution in [0.15, 0.2) is 36.0 Å². The van der Waals surface area contributed by atoms with Gasteiger partial charge in [-0.05, 0) is 61.0 Å². The minimum atomic E-state index is 0.579. The number of hydrogen-bond donors (Lipinski definition) is 0. The molecule has 2 atom stereocenters. The number of fused-ring (bicyclic) bond motifs is 1. The third-order valence-electron chi connectivity index (χ3n) is 6.20. The van der Waals surface area contributed by atoms with Crippen molar-refractivity contribution in [2.45, 2.75) is 72.1 Å². The summed E-state index contributed by atoms with van der Waals surface area (Å²) in [4.78, 5) is 2.74. The van der Waals surface area contributed by atoms with E-state index in [-0.39, 0.29) is 0 Å². The van der Waals surface area contributed by atoms with Crippen LogP contribution in [0.1, 0.15) is 76.8 Å². The standard InChI is InChI=1S/C23H35N/c1-5-9-22(24(16-6-2)17-23(4)14-15-23)18(3)20-13-12-19-10-7-8-11-21(19)20/h7-11,18,20H,5-6,12-17H2,1-4H3. The summed E-state index contributed by atoms with van der Waals surface area (Å²) in [7, 11) is 0. The van der Waals surface area contributed by atoms with Crippen molar-refractivity contribution in [2.75, 3.05) is 13.1 Å². The molecule has 0 N–H and O–H groups in total. The Hall–Kier alpha value is -1.24. The van der Waals surface area contributed by atoms with Crippen molar-refractivity contribution in [3.63, 3.8) is 0 Å². The summed E-state index contributed by atoms with van der Waals surface area (Å²) in [5, 5.41) is 0. The fourth-order valence-corrected chi connectivity index (χ4v) is 4.53. The van der Waals surface area contributed by atoms with E-state index in [9.17, 15) is 0 Å².